The van der Waals surface area contributed by atoms with Gasteiger partial charge in [-0.2, -0.15) is 0 Å². The summed E-state index contributed by atoms with van der Waals surface area (Å²) in [5.41, 5.74) is 1.97. The monoisotopic (exact) mass is 545 g/mol. The molecule has 7 nitrogen and oxygen atoms in total. The zero-order valence-electron chi connectivity index (χ0n) is 24.6. The predicted molar refractivity (Wildman–Crippen MR) is 158 cm³/mol. The summed E-state index contributed by atoms with van der Waals surface area (Å²) in [4.78, 5) is 15.5. The molecule has 2 atom stereocenters. The van der Waals surface area contributed by atoms with E-state index in [-0.39, 0.29) is 17.5 Å². The Morgan fingerprint density at radius 1 is 1.23 bits per heavy atom. The summed E-state index contributed by atoms with van der Waals surface area (Å²) >= 11 is 0. The number of allylic oxidation sites excluding steroid dienone is 2. The Balaban J connectivity index is 0.00000181. The van der Waals surface area contributed by atoms with Gasteiger partial charge in [-0.25, -0.2) is 4.39 Å². The van der Waals surface area contributed by atoms with E-state index < -0.39 is 11.9 Å². The third kappa shape index (κ3) is 11.0. The Bertz CT molecular complexity index is 949. The molecule has 0 amide bonds. The van der Waals surface area contributed by atoms with Gasteiger partial charge >= 0.3 is 0 Å². The van der Waals surface area contributed by atoms with Crippen molar-refractivity contribution in [1.82, 2.24) is 15.5 Å². The van der Waals surface area contributed by atoms with E-state index in [0.717, 1.165) is 45.1 Å². The molecule has 2 aliphatic rings. The van der Waals surface area contributed by atoms with Gasteiger partial charge in [0.15, 0.2) is 5.78 Å². The number of halogens is 1. The van der Waals surface area contributed by atoms with E-state index in [9.17, 15) is 9.18 Å². The average Bonchev–Trinajstić information content (AvgIpc) is 2.98. The van der Waals surface area contributed by atoms with Crippen molar-refractivity contribution in [1.29, 1.82) is 0 Å². The topological polar surface area (TPSA) is 72.1 Å². The van der Waals surface area contributed by atoms with Crippen molar-refractivity contribution in [3.05, 3.63) is 72.4 Å². The lowest BCUT2D eigenvalue weighted by atomic mass is 9.87. The molecule has 1 fully saturated rings. The molecule has 8 heteroatoms. The lowest BCUT2D eigenvalue weighted by Crippen LogP contribution is -2.40. The number of ketones is 1. The number of morpholine rings is 1. The Morgan fingerprint density at radius 2 is 1.87 bits per heavy atom. The highest BCUT2D eigenvalue weighted by Crippen LogP contribution is 2.30. The van der Waals surface area contributed by atoms with E-state index in [4.69, 9.17) is 14.2 Å². The van der Waals surface area contributed by atoms with Crippen molar-refractivity contribution >= 4 is 11.4 Å². The third-order valence-corrected chi connectivity index (χ3v) is 6.15. The van der Waals surface area contributed by atoms with E-state index in [2.05, 4.69) is 28.7 Å². The molecular formula is C31H48FN3O4. The van der Waals surface area contributed by atoms with Crippen molar-refractivity contribution in [3.8, 4) is 5.75 Å². The fourth-order valence-electron chi connectivity index (χ4n) is 4.14. The zero-order valence-corrected chi connectivity index (χ0v) is 24.6. The van der Waals surface area contributed by atoms with Crippen LogP contribution in [0.1, 0.15) is 46.6 Å². The van der Waals surface area contributed by atoms with Crippen molar-refractivity contribution < 1.29 is 23.4 Å². The molecule has 2 unspecified atom stereocenters. The Morgan fingerprint density at radius 3 is 2.44 bits per heavy atom. The molecule has 0 aliphatic carbocycles. The number of methoxy groups -OCH3 is 1. The first-order chi connectivity index (χ1) is 18.9. The van der Waals surface area contributed by atoms with E-state index >= 15 is 0 Å². The minimum absolute atomic E-state index is 0.108. The zero-order chi connectivity index (χ0) is 29.2. The second kappa shape index (κ2) is 19.2. The molecule has 218 valence electrons. The molecule has 0 radical (unpaired) electrons. The number of hydrogen-bond acceptors (Lipinski definition) is 7. The third-order valence-electron chi connectivity index (χ3n) is 6.15. The average molecular weight is 546 g/mol. The molecule has 2 N–H and O–H groups in total. The minimum atomic E-state index is -0.528. The highest BCUT2D eigenvalue weighted by Gasteiger charge is 2.32. The van der Waals surface area contributed by atoms with Crippen LogP contribution in [0.2, 0.25) is 0 Å². The van der Waals surface area contributed by atoms with Crippen LogP contribution >= 0.6 is 0 Å². The summed E-state index contributed by atoms with van der Waals surface area (Å²) in [6.45, 7) is 22.6. The first-order valence-electron chi connectivity index (χ1n) is 13.9. The van der Waals surface area contributed by atoms with Gasteiger partial charge in [0.25, 0.3) is 0 Å². The summed E-state index contributed by atoms with van der Waals surface area (Å²) < 4.78 is 31.0. The van der Waals surface area contributed by atoms with Crippen LogP contribution in [0.4, 0.5) is 4.39 Å². The molecule has 0 bridgehead atoms. The van der Waals surface area contributed by atoms with Gasteiger partial charge in [0, 0.05) is 50.1 Å². The minimum Gasteiger partial charge on any atom is -0.497 e. The lowest BCUT2D eigenvalue weighted by Gasteiger charge is -2.29. The summed E-state index contributed by atoms with van der Waals surface area (Å²) in [6.07, 6.45) is 3.29. The summed E-state index contributed by atoms with van der Waals surface area (Å²) in [5.74, 6) is -0.163. The van der Waals surface area contributed by atoms with E-state index in [1.165, 1.54) is 6.92 Å². The van der Waals surface area contributed by atoms with Crippen molar-refractivity contribution in [2.24, 2.45) is 0 Å². The Labute approximate surface area is 234 Å². The molecule has 0 saturated carbocycles. The van der Waals surface area contributed by atoms with Gasteiger partial charge in [0.2, 0.25) is 0 Å². The molecule has 1 aromatic rings. The molecule has 2 heterocycles. The number of nitrogens with zero attached hydrogens (tertiary/aromatic N) is 1. The Kier molecular flexibility index (Phi) is 16.8. The second-order valence-corrected chi connectivity index (χ2v) is 8.59. The molecule has 0 spiro atoms. The summed E-state index contributed by atoms with van der Waals surface area (Å²) in [7, 11) is 1.58. The van der Waals surface area contributed by atoms with Crippen molar-refractivity contribution in [3.63, 3.8) is 0 Å². The molecule has 0 aromatic heterocycles. The maximum absolute atomic E-state index is 14.5. The molecular weight excluding hydrogens is 497 g/mol. The van der Waals surface area contributed by atoms with Crippen molar-refractivity contribution in [2.75, 3.05) is 53.1 Å². The van der Waals surface area contributed by atoms with Gasteiger partial charge in [-0.1, -0.05) is 52.5 Å². The predicted octanol–water partition coefficient (Wildman–Crippen LogP) is 5.27. The molecule has 39 heavy (non-hydrogen) atoms. The fourth-order valence-corrected chi connectivity index (χ4v) is 4.14. The Hall–Kier alpha value is -2.94. The maximum Gasteiger partial charge on any atom is 0.195 e. The smallest absolute Gasteiger partial charge is 0.195 e. The van der Waals surface area contributed by atoms with Crippen LogP contribution in [0.15, 0.2) is 66.8 Å². The van der Waals surface area contributed by atoms with Gasteiger partial charge in [0.05, 0.1) is 44.6 Å². The summed E-state index contributed by atoms with van der Waals surface area (Å²) in [6, 6.07) is 6.57. The number of carbonyl (C=O) groups excluding carboxylic acids is 1. The van der Waals surface area contributed by atoms with E-state index in [0.29, 0.717) is 29.9 Å². The number of Topliss-reactive ketones (excluding diaryl/α,β-unsaturated/α-hetero) is 1. The van der Waals surface area contributed by atoms with Crippen LogP contribution in [-0.2, 0) is 14.3 Å². The van der Waals surface area contributed by atoms with Crippen LogP contribution in [0.25, 0.3) is 5.57 Å². The SMILES string of the molecule is C=CC(CC1NC=C(c2ccc(OC)cc2)C(=O)/C1=C(/C)F)OCC(=C)NCCN1CCOCC1.CC.CC. The normalized spacial score (nSPS) is 19.1. The van der Waals surface area contributed by atoms with E-state index in [1.54, 1.807) is 43.7 Å². The van der Waals surface area contributed by atoms with Crippen LogP contribution in [0.5, 0.6) is 5.75 Å². The number of benzene rings is 1. The molecule has 3 rings (SSSR count). The maximum atomic E-state index is 14.5. The van der Waals surface area contributed by atoms with Crippen LogP contribution < -0.4 is 15.4 Å². The van der Waals surface area contributed by atoms with Crippen LogP contribution in [-0.4, -0.2) is 75.9 Å². The number of carbonyl (C=O) groups is 1. The number of ether oxygens (including phenoxy) is 3. The largest absolute Gasteiger partial charge is 0.497 e. The van der Waals surface area contributed by atoms with Gasteiger partial charge in [-0.3, -0.25) is 9.69 Å². The number of nitrogens with one attached hydrogen (secondary N) is 2. The quantitative estimate of drug-likeness (QED) is 0.274. The fraction of sp³-hybridized carbons (Fsp3) is 0.516. The highest BCUT2D eigenvalue weighted by molar-refractivity contribution is 6.30. The number of rotatable bonds is 12. The van der Waals surface area contributed by atoms with Crippen LogP contribution in [0, 0.1) is 0 Å². The second-order valence-electron chi connectivity index (χ2n) is 8.59. The highest BCUT2D eigenvalue weighted by atomic mass is 19.1. The number of hydrogen-bond donors (Lipinski definition) is 2. The molecule has 1 saturated heterocycles. The summed E-state index contributed by atoms with van der Waals surface area (Å²) in [5, 5.41) is 6.47. The first kappa shape index (κ1) is 34.1. The van der Waals surface area contributed by atoms with Crippen LogP contribution in [0.3, 0.4) is 0 Å². The van der Waals surface area contributed by atoms with Gasteiger partial charge in [-0.05, 0) is 24.6 Å². The van der Waals surface area contributed by atoms with Gasteiger partial charge < -0.3 is 24.8 Å². The molecule has 2 aliphatic heterocycles. The molecule has 1 aromatic carbocycles. The van der Waals surface area contributed by atoms with Crippen molar-refractivity contribution in [2.45, 2.75) is 53.2 Å². The first-order valence-corrected chi connectivity index (χ1v) is 13.9. The van der Waals surface area contributed by atoms with E-state index in [1.807, 2.05) is 27.7 Å². The lowest BCUT2D eigenvalue weighted by molar-refractivity contribution is -0.111. The van der Waals surface area contributed by atoms with Gasteiger partial charge in [0.1, 0.15) is 11.6 Å². The van der Waals surface area contributed by atoms with Gasteiger partial charge in [-0.15, -0.1) is 6.58 Å². The standard InChI is InChI=1S/C27H36FN3O4.2C2H6/c1-5-22(35-18-19(2)29-10-11-31-12-14-34-15-13-31)16-25-26(20(3)28)27(32)24(17-30-25)21-6-8-23(33-4)9-7-21;2*1-2/h5-9,17,22,25,29-30H,1-2,10-16,18H2,3-4H3;2*1-2H3/b26-20-;;.